The Bertz CT molecular complexity index is 657. The van der Waals surface area contributed by atoms with Crippen molar-refractivity contribution in [2.24, 2.45) is 0 Å². The van der Waals surface area contributed by atoms with Crippen LogP contribution in [-0.4, -0.2) is 33.0 Å². The number of aromatic nitrogens is 2. The lowest BCUT2D eigenvalue weighted by molar-refractivity contribution is -0.384. The molecule has 0 unspecified atom stereocenters. The van der Waals surface area contributed by atoms with E-state index in [1.807, 2.05) is 17.7 Å². The van der Waals surface area contributed by atoms with Crippen LogP contribution in [0.2, 0.25) is 0 Å². The van der Waals surface area contributed by atoms with Gasteiger partial charge in [0.2, 0.25) is 5.91 Å². The number of rotatable bonds is 8. The minimum absolute atomic E-state index is 0.00128. The zero-order chi connectivity index (χ0) is 16.7. The number of amides is 1. The van der Waals surface area contributed by atoms with E-state index in [0.717, 1.165) is 0 Å². The molecule has 2 rings (SSSR count). The molecule has 8 heteroatoms. The van der Waals surface area contributed by atoms with Gasteiger partial charge in [-0.25, -0.2) is 4.98 Å². The molecule has 1 amide bonds. The molecule has 2 N–H and O–H groups in total. The second kappa shape index (κ2) is 7.92. The molecule has 0 fully saturated rings. The predicted molar refractivity (Wildman–Crippen MR) is 86.0 cm³/mol. The van der Waals surface area contributed by atoms with Crippen molar-refractivity contribution in [2.45, 2.75) is 25.9 Å². The summed E-state index contributed by atoms with van der Waals surface area (Å²) >= 11 is 0. The quantitative estimate of drug-likeness (QED) is 0.571. The van der Waals surface area contributed by atoms with E-state index in [4.69, 9.17) is 0 Å². The van der Waals surface area contributed by atoms with E-state index >= 15 is 0 Å². The molecule has 2 aromatic rings. The third-order valence-corrected chi connectivity index (χ3v) is 3.22. The summed E-state index contributed by atoms with van der Waals surface area (Å²) in [6.07, 6.45) is 5.45. The normalized spacial score (nSPS) is 11.7. The van der Waals surface area contributed by atoms with Gasteiger partial charge in [0.1, 0.15) is 5.69 Å². The van der Waals surface area contributed by atoms with E-state index in [1.54, 1.807) is 30.7 Å². The average Bonchev–Trinajstić information content (AvgIpc) is 3.00. The summed E-state index contributed by atoms with van der Waals surface area (Å²) in [4.78, 5) is 26.3. The maximum Gasteiger partial charge on any atom is 0.292 e. The topological polar surface area (TPSA) is 102 Å². The van der Waals surface area contributed by atoms with Gasteiger partial charge in [-0.05, 0) is 13.0 Å². The summed E-state index contributed by atoms with van der Waals surface area (Å²) < 4.78 is 1.89. The summed E-state index contributed by atoms with van der Waals surface area (Å²) in [6, 6.07) is 6.34. The van der Waals surface area contributed by atoms with Crippen LogP contribution in [0.25, 0.3) is 0 Å². The Morgan fingerprint density at radius 1 is 1.43 bits per heavy atom. The molecule has 122 valence electrons. The molecule has 1 heterocycles. The summed E-state index contributed by atoms with van der Waals surface area (Å²) in [5.41, 5.74) is 0.415. The Balaban J connectivity index is 1.75. The molecule has 1 aromatic carbocycles. The number of benzene rings is 1. The maximum absolute atomic E-state index is 11.9. The number of hydrogen-bond acceptors (Lipinski definition) is 5. The molecule has 0 aliphatic rings. The first-order valence-corrected chi connectivity index (χ1v) is 7.28. The highest BCUT2D eigenvalue weighted by Crippen LogP contribution is 2.22. The molecule has 0 bridgehead atoms. The number of nitrogens with one attached hydrogen (secondary N) is 2. The van der Waals surface area contributed by atoms with Crippen molar-refractivity contribution >= 4 is 17.3 Å². The summed E-state index contributed by atoms with van der Waals surface area (Å²) in [7, 11) is 0. The fourth-order valence-corrected chi connectivity index (χ4v) is 2.20. The van der Waals surface area contributed by atoms with Crippen LogP contribution >= 0.6 is 0 Å². The molecule has 0 saturated heterocycles. The van der Waals surface area contributed by atoms with Crippen LogP contribution in [0.4, 0.5) is 11.4 Å². The molecule has 0 spiro atoms. The van der Waals surface area contributed by atoms with Gasteiger partial charge in [-0.3, -0.25) is 14.9 Å². The van der Waals surface area contributed by atoms with Crippen molar-refractivity contribution in [1.29, 1.82) is 0 Å². The fourth-order valence-electron chi connectivity index (χ4n) is 2.20. The van der Waals surface area contributed by atoms with E-state index in [-0.39, 0.29) is 24.1 Å². The maximum atomic E-state index is 11.9. The van der Waals surface area contributed by atoms with E-state index in [0.29, 0.717) is 18.8 Å². The van der Waals surface area contributed by atoms with Crippen LogP contribution in [0.5, 0.6) is 0 Å². The Kier molecular flexibility index (Phi) is 5.67. The molecule has 0 aliphatic carbocycles. The average molecular weight is 317 g/mol. The van der Waals surface area contributed by atoms with Gasteiger partial charge in [0.15, 0.2) is 0 Å². The Labute approximate surface area is 133 Å². The molecule has 8 nitrogen and oxygen atoms in total. The number of imidazole rings is 1. The summed E-state index contributed by atoms with van der Waals surface area (Å²) in [5.74, 6) is -0.108. The van der Waals surface area contributed by atoms with Gasteiger partial charge < -0.3 is 15.2 Å². The number of nitro groups is 1. The van der Waals surface area contributed by atoms with Gasteiger partial charge >= 0.3 is 0 Å². The second-order valence-corrected chi connectivity index (χ2v) is 5.18. The molecule has 23 heavy (non-hydrogen) atoms. The highest BCUT2D eigenvalue weighted by Gasteiger charge is 2.12. The number of carbonyl (C=O) groups excluding carboxylic acids is 1. The molecule has 1 aromatic heterocycles. The van der Waals surface area contributed by atoms with Crippen molar-refractivity contribution in [3.05, 3.63) is 53.1 Å². The Morgan fingerprint density at radius 3 is 2.91 bits per heavy atom. The number of hydrogen-bond donors (Lipinski definition) is 2. The van der Waals surface area contributed by atoms with E-state index < -0.39 is 4.92 Å². The second-order valence-electron chi connectivity index (χ2n) is 5.18. The first kappa shape index (κ1) is 16.5. The number of nitro benzene ring substituents is 1. The van der Waals surface area contributed by atoms with Crippen LogP contribution < -0.4 is 10.6 Å². The molecular formula is C15H19N5O3. The summed E-state index contributed by atoms with van der Waals surface area (Å²) in [6.45, 7) is 2.88. The number of nitrogens with zero attached hydrogens (tertiary/aromatic N) is 3. The van der Waals surface area contributed by atoms with Crippen LogP contribution in [0.15, 0.2) is 43.0 Å². The van der Waals surface area contributed by atoms with Crippen LogP contribution in [-0.2, 0) is 11.3 Å². The first-order valence-electron chi connectivity index (χ1n) is 7.28. The van der Waals surface area contributed by atoms with Crippen molar-refractivity contribution < 1.29 is 9.72 Å². The lowest BCUT2D eigenvalue weighted by Crippen LogP contribution is -2.36. The molecule has 0 aliphatic heterocycles. The Hall–Kier alpha value is -2.90. The van der Waals surface area contributed by atoms with Crippen LogP contribution in [0, 0.1) is 10.1 Å². The third-order valence-electron chi connectivity index (χ3n) is 3.22. The third kappa shape index (κ3) is 5.10. The van der Waals surface area contributed by atoms with Crippen LogP contribution in [0.3, 0.4) is 0 Å². The van der Waals surface area contributed by atoms with Gasteiger partial charge in [-0.2, -0.15) is 0 Å². The van der Waals surface area contributed by atoms with Gasteiger partial charge in [0.05, 0.1) is 11.3 Å². The van der Waals surface area contributed by atoms with Gasteiger partial charge in [-0.15, -0.1) is 0 Å². The van der Waals surface area contributed by atoms with Crippen molar-refractivity contribution in [1.82, 2.24) is 14.9 Å². The van der Waals surface area contributed by atoms with E-state index in [1.165, 1.54) is 6.07 Å². The minimum Gasteiger partial charge on any atom is -0.379 e. The number of carbonyl (C=O) groups is 1. The fraction of sp³-hybridized carbons (Fsp3) is 0.333. The first-order chi connectivity index (χ1) is 11.1. The van der Waals surface area contributed by atoms with Crippen molar-refractivity contribution in [2.75, 3.05) is 11.9 Å². The van der Waals surface area contributed by atoms with Crippen LogP contribution in [0.1, 0.15) is 13.3 Å². The lowest BCUT2D eigenvalue weighted by Gasteiger charge is -2.14. The number of para-hydroxylation sites is 2. The Morgan fingerprint density at radius 2 is 2.22 bits per heavy atom. The lowest BCUT2D eigenvalue weighted by atomic mass is 10.2. The van der Waals surface area contributed by atoms with Gasteiger partial charge in [0.25, 0.3) is 5.69 Å². The zero-order valence-electron chi connectivity index (χ0n) is 12.8. The molecular weight excluding hydrogens is 298 g/mol. The number of anilines is 1. The zero-order valence-corrected chi connectivity index (χ0v) is 12.8. The largest absolute Gasteiger partial charge is 0.379 e. The van der Waals surface area contributed by atoms with Gasteiger partial charge in [-0.1, -0.05) is 12.1 Å². The molecule has 0 radical (unpaired) electrons. The standard InChI is InChI=1S/C15H19N5O3/c1-12(10-19-9-8-16-11-19)18-15(21)6-7-17-13-4-2-3-5-14(13)20(22)23/h2-5,8-9,11-12,17H,6-7,10H2,1H3,(H,18,21)/t12-/m0/s1. The highest BCUT2D eigenvalue weighted by atomic mass is 16.6. The SMILES string of the molecule is C[C@@H](Cn1ccnc1)NC(=O)CCNc1ccccc1[N+](=O)[O-]. The van der Waals surface area contributed by atoms with E-state index in [9.17, 15) is 14.9 Å². The highest BCUT2D eigenvalue weighted by molar-refractivity contribution is 5.77. The molecule has 0 saturated carbocycles. The predicted octanol–water partition coefficient (Wildman–Crippen LogP) is 1.80. The van der Waals surface area contributed by atoms with Gasteiger partial charge in [0, 0.05) is 44.0 Å². The minimum atomic E-state index is -0.449. The van der Waals surface area contributed by atoms with Crippen molar-refractivity contribution in [3.8, 4) is 0 Å². The summed E-state index contributed by atoms with van der Waals surface area (Å²) in [5, 5.41) is 16.7. The monoisotopic (exact) mass is 317 g/mol. The molecule has 1 atom stereocenters. The van der Waals surface area contributed by atoms with Crippen molar-refractivity contribution in [3.63, 3.8) is 0 Å². The van der Waals surface area contributed by atoms with E-state index in [2.05, 4.69) is 15.6 Å². The smallest absolute Gasteiger partial charge is 0.292 e.